The van der Waals surface area contributed by atoms with Crippen molar-refractivity contribution in [2.24, 2.45) is 10.2 Å². The van der Waals surface area contributed by atoms with Gasteiger partial charge in [-0.1, -0.05) is 48.0 Å². The molecule has 26 heavy (non-hydrogen) atoms. The standard InChI is InChI=1S/C20H15ClN4O/c1-13-18(20(26)25(24-13)17-9-5-8-16(21)11-17)10-15-12-22-23-19(15)14-6-3-2-4-7-14/h2-12,24H,1H3/b15-10+. The molecular formula is C20H15ClN4O. The number of H-pyrrole nitrogens is 1. The monoisotopic (exact) mass is 362 g/mol. The SMILES string of the molecule is Cc1[nH]n(-c2cccc(Cl)c2)c(=O)c1/C=C1\C=NN=C1c1ccccc1. The number of rotatable bonds is 3. The van der Waals surface area contributed by atoms with Crippen LogP contribution in [0.3, 0.4) is 0 Å². The molecule has 1 aliphatic heterocycles. The van der Waals surface area contributed by atoms with Gasteiger partial charge in [-0.3, -0.25) is 9.89 Å². The van der Waals surface area contributed by atoms with Gasteiger partial charge in [-0.15, -0.1) is 5.10 Å². The fourth-order valence-electron chi connectivity index (χ4n) is 2.88. The minimum absolute atomic E-state index is 0.148. The molecule has 0 radical (unpaired) electrons. The van der Waals surface area contributed by atoms with E-state index in [2.05, 4.69) is 15.3 Å². The third-order valence-corrected chi connectivity index (χ3v) is 4.39. The lowest BCUT2D eigenvalue weighted by molar-refractivity contribution is 0.835. The Balaban J connectivity index is 1.78. The quantitative estimate of drug-likeness (QED) is 0.752. The molecule has 2 aromatic carbocycles. The largest absolute Gasteiger partial charge is 0.295 e. The Labute approximate surface area is 155 Å². The molecule has 0 unspecified atom stereocenters. The van der Waals surface area contributed by atoms with Gasteiger partial charge in [0.1, 0.15) is 5.71 Å². The molecule has 0 saturated carbocycles. The molecule has 0 saturated heterocycles. The Bertz CT molecular complexity index is 1120. The third kappa shape index (κ3) is 2.93. The first-order valence-electron chi connectivity index (χ1n) is 8.09. The molecule has 0 fully saturated rings. The summed E-state index contributed by atoms with van der Waals surface area (Å²) in [7, 11) is 0. The van der Waals surface area contributed by atoms with Crippen LogP contribution in [0.1, 0.15) is 16.8 Å². The van der Waals surface area contributed by atoms with Crippen molar-refractivity contribution in [3.63, 3.8) is 0 Å². The summed E-state index contributed by atoms with van der Waals surface area (Å²) < 4.78 is 1.49. The summed E-state index contributed by atoms with van der Waals surface area (Å²) in [5.74, 6) is 0. The maximum absolute atomic E-state index is 12.9. The average Bonchev–Trinajstić information content (AvgIpc) is 3.22. The first-order valence-corrected chi connectivity index (χ1v) is 8.47. The first kappa shape index (κ1) is 16.3. The summed E-state index contributed by atoms with van der Waals surface area (Å²) in [5.41, 5.74) is 4.37. The fourth-order valence-corrected chi connectivity index (χ4v) is 3.06. The summed E-state index contributed by atoms with van der Waals surface area (Å²) in [6.07, 6.45) is 3.48. The van der Waals surface area contributed by atoms with E-state index in [-0.39, 0.29) is 5.56 Å². The molecule has 0 amide bonds. The van der Waals surface area contributed by atoms with E-state index in [4.69, 9.17) is 11.6 Å². The Morgan fingerprint density at radius 1 is 1.12 bits per heavy atom. The van der Waals surface area contributed by atoms with Gasteiger partial charge in [-0.05, 0) is 31.2 Å². The molecule has 6 heteroatoms. The minimum atomic E-state index is -0.148. The molecule has 2 heterocycles. The number of halogens is 1. The summed E-state index contributed by atoms with van der Waals surface area (Å²) in [5, 5.41) is 11.9. The smallest absolute Gasteiger partial charge is 0.278 e. The number of aryl methyl sites for hydroxylation is 1. The van der Waals surface area contributed by atoms with Crippen molar-refractivity contribution in [1.82, 2.24) is 9.78 Å². The Morgan fingerprint density at radius 3 is 2.69 bits per heavy atom. The van der Waals surface area contributed by atoms with E-state index in [1.54, 1.807) is 18.3 Å². The lowest BCUT2D eigenvalue weighted by Crippen LogP contribution is -2.16. The summed E-state index contributed by atoms with van der Waals surface area (Å²) in [4.78, 5) is 12.9. The number of aromatic amines is 1. The van der Waals surface area contributed by atoms with E-state index in [9.17, 15) is 4.79 Å². The zero-order valence-corrected chi connectivity index (χ0v) is 14.7. The molecule has 5 nitrogen and oxygen atoms in total. The van der Waals surface area contributed by atoms with Crippen molar-refractivity contribution in [1.29, 1.82) is 0 Å². The number of hydrogen-bond acceptors (Lipinski definition) is 3. The Kier molecular flexibility index (Phi) is 4.14. The molecule has 3 aromatic rings. The van der Waals surface area contributed by atoms with Gasteiger partial charge in [0.05, 0.1) is 17.5 Å². The van der Waals surface area contributed by atoms with Crippen molar-refractivity contribution in [3.05, 3.63) is 92.4 Å². The molecule has 4 rings (SSSR count). The predicted octanol–water partition coefficient (Wildman–Crippen LogP) is 4.00. The second-order valence-electron chi connectivity index (χ2n) is 5.93. The molecule has 128 valence electrons. The highest BCUT2D eigenvalue weighted by molar-refractivity contribution is 6.30. The maximum Gasteiger partial charge on any atom is 0.278 e. The van der Waals surface area contributed by atoms with Crippen LogP contribution >= 0.6 is 11.6 Å². The Morgan fingerprint density at radius 2 is 1.92 bits per heavy atom. The van der Waals surface area contributed by atoms with Gasteiger partial charge in [0, 0.05) is 21.9 Å². The first-order chi connectivity index (χ1) is 12.6. The van der Waals surface area contributed by atoms with Crippen molar-refractivity contribution in [2.45, 2.75) is 6.92 Å². The number of allylic oxidation sites excluding steroid dienone is 1. The van der Waals surface area contributed by atoms with Gasteiger partial charge < -0.3 is 0 Å². The average molecular weight is 363 g/mol. The molecule has 1 aromatic heterocycles. The van der Waals surface area contributed by atoms with Gasteiger partial charge in [-0.2, -0.15) is 5.10 Å². The Hall–Kier alpha value is -3.18. The molecule has 1 aliphatic rings. The summed E-state index contributed by atoms with van der Waals surface area (Å²) >= 11 is 6.04. The van der Waals surface area contributed by atoms with Crippen molar-refractivity contribution in [3.8, 4) is 5.69 Å². The van der Waals surface area contributed by atoms with Crippen molar-refractivity contribution in [2.75, 3.05) is 0 Å². The molecular weight excluding hydrogens is 348 g/mol. The number of benzene rings is 2. The van der Waals surface area contributed by atoms with Gasteiger partial charge in [0.25, 0.3) is 5.56 Å². The van der Waals surface area contributed by atoms with Gasteiger partial charge in [0.2, 0.25) is 0 Å². The lowest BCUT2D eigenvalue weighted by atomic mass is 10.0. The van der Waals surface area contributed by atoms with Crippen LogP contribution in [-0.2, 0) is 0 Å². The predicted molar refractivity (Wildman–Crippen MR) is 106 cm³/mol. The van der Waals surface area contributed by atoms with E-state index in [0.717, 1.165) is 22.5 Å². The van der Waals surface area contributed by atoms with Gasteiger partial charge in [0.15, 0.2) is 0 Å². The van der Waals surface area contributed by atoms with E-state index < -0.39 is 0 Å². The zero-order valence-electron chi connectivity index (χ0n) is 14.0. The van der Waals surface area contributed by atoms with Gasteiger partial charge >= 0.3 is 0 Å². The van der Waals surface area contributed by atoms with Gasteiger partial charge in [-0.25, -0.2) is 4.68 Å². The number of aromatic nitrogens is 2. The van der Waals surface area contributed by atoms with Crippen LogP contribution in [-0.4, -0.2) is 21.7 Å². The molecule has 0 bridgehead atoms. The number of nitrogens with zero attached hydrogens (tertiary/aromatic N) is 3. The van der Waals surface area contributed by atoms with Crippen LogP contribution in [0.2, 0.25) is 5.02 Å². The van der Waals surface area contributed by atoms with E-state index in [0.29, 0.717) is 16.3 Å². The minimum Gasteiger partial charge on any atom is -0.295 e. The second kappa shape index (κ2) is 6.61. The molecule has 1 N–H and O–H groups in total. The van der Waals surface area contributed by atoms with Crippen LogP contribution in [0.15, 0.2) is 75.2 Å². The summed E-state index contributed by atoms with van der Waals surface area (Å²) in [6.45, 7) is 1.86. The molecule has 0 aliphatic carbocycles. The highest BCUT2D eigenvalue weighted by Crippen LogP contribution is 2.18. The van der Waals surface area contributed by atoms with E-state index in [1.165, 1.54) is 4.68 Å². The molecule has 0 spiro atoms. The third-order valence-electron chi connectivity index (χ3n) is 4.16. The second-order valence-corrected chi connectivity index (χ2v) is 6.37. The highest BCUT2D eigenvalue weighted by atomic mass is 35.5. The lowest BCUT2D eigenvalue weighted by Gasteiger charge is -2.01. The van der Waals surface area contributed by atoms with Crippen LogP contribution in [0.25, 0.3) is 11.8 Å². The molecule has 0 atom stereocenters. The van der Waals surface area contributed by atoms with E-state index in [1.807, 2.05) is 55.5 Å². The summed E-state index contributed by atoms with van der Waals surface area (Å²) in [6, 6.07) is 16.9. The normalized spacial score (nSPS) is 14.8. The fraction of sp³-hybridized carbons (Fsp3) is 0.0500. The van der Waals surface area contributed by atoms with Crippen molar-refractivity contribution < 1.29 is 0 Å². The maximum atomic E-state index is 12.9. The van der Waals surface area contributed by atoms with Crippen LogP contribution < -0.4 is 5.56 Å². The number of hydrogen-bond donors (Lipinski definition) is 1. The van der Waals surface area contributed by atoms with E-state index >= 15 is 0 Å². The topological polar surface area (TPSA) is 62.5 Å². The number of nitrogens with one attached hydrogen (secondary N) is 1. The zero-order chi connectivity index (χ0) is 18.1. The highest BCUT2D eigenvalue weighted by Gasteiger charge is 2.16. The van der Waals surface area contributed by atoms with Crippen molar-refractivity contribution >= 4 is 29.6 Å². The van der Waals surface area contributed by atoms with Crippen LogP contribution in [0, 0.1) is 6.92 Å². The van der Waals surface area contributed by atoms with Crippen LogP contribution in [0.4, 0.5) is 0 Å². The van der Waals surface area contributed by atoms with Crippen LogP contribution in [0.5, 0.6) is 0 Å².